The number of rotatable bonds is 1. The lowest BCUT2D eigenvalue weighted by Crippen LogP contribution is -2.35. The number of halogens is 3. The maximum atomic E-state index is 6.25. The SMILES string of the molecule is NC1(Cl)CC=C(Cl)C=C1c1cccc(Cl)c1. The number of allylic oxidation sites excluding steroid dienone is 2. The molecule has 0 saturated carbocycles. The van der Waals surface area contributed by atoms with Crippen LogP contribution < -0.4 is 5.73 Å². The van der Waals surface area contributed by atoms with Crippen LogP contribution in [0.4, 0.5) is 0 Å². The fraction of sp³-hybridized carbons (Fsp3) is 0.167. The van der Waals surface area contributed by atoms with E-state index < -0.39 is 5.00 Å². The van der Waals surface area contributed by atoms with Crippen molar-refractivity contribution < 1.29 is 0 Å². The predicted molar refractivity (Wildman–Crippen MR) is 70.8 cm³/mol. The summed E-state index contributed by atoms with van der Waals surface area (Å²) in [6.45, 7) is 0. The van der Waals surface area contributed by atoms with Crippen molar-refractivity contribution in [2.45, 2.75) is 11.4 Å². The smallest absolute Gasteiger partial charge is 0.121 e. The molecule has 0 aliphatic heterocycles. The molecule has 0 spiro atoms. The van der Waals surface area contributed by atoms with Crippen LogP contribution in [0.5, 0.6) is 0 Å². The molecule has 1 atom stereocenters. The third kappa shape index (κ3) is 2.44. The van der Waals surface area contributed by atoms with E-state index in [4.69, 9.17) is 40.5 Å². The molecule has 4 heteroatoms. The number of alkyl halides is 1. The number of nitrogens with two attached hydrogens (primary N) is 1. The molecular weight excluding hydrogens is 264 g/mol. The molecule has 0 bridgehead atoms. The monoisotopic (exact) mass is 273 g/mol. The van der Waals surface area contributed by atoms with Crippen molar-refractivity contribution in [2.24, 2.45) is 5.73 Å². The van der Waals surface area contributed by atoms with Crippen LogP contribution in [0.25, 0.3) is 5.57 Å². The molecule has 1 aliphatic rings. The second-order valence-electron chi connectivity index (χ2n) is 3.72. The highest BCUT2D eigenvalue weighted by Gasteiger charge is 2.29. The van der Waals surface area contributed by atoms with Gasteiger partial charge in [-0.15, -0.1) is 0 Å². The topological polar surface area (TPSA) is 26.0 Å². The summed E-state index contributed by atoms with van der Waals surface area (Å²) in [5.41, 5.74) is 7.71. The second kappa shape index (κ2) is 4.42. The van der Waals surface area contributed by atoms with Gasteiger partial charge in [-0.1, -0.05) is 53.0 Å². The fourth-order valence-corrected chi connectivity index (χ4v) is 2.27. The summed E-state index contributed by atoms with van der Waals surface area (Å²) in [6.07, 6.45) is 4.10. The molecule has 0 aromatic heterocycles. The Kier molecular flexibility index (Phi) is 3.32. The molecule has 2 N–H and O–H groups in total. The summed E-state index contributed by atoms with van der Waals surface area (Å²) in [5, 5.41) is 1.30. The van der Waals surface area contributed by atoms with Gasteiger partial charge in [-0.2, -0.15) is 0 Å². The molecule has 0 radical (unpaired) electrons. The first-order valence-corrected chi connectivity index (χ1v) is 5.94. The van der Waals surface area contributed by atoms with E-state index >= 15 is 0 Å². The maximum Gasteiger partial charge on any atom is 0.121 e. The second-order valence-corrected chi connectivity index (χ2v) is 5.27. The van der Waals surface area contributed by atoms with Gasteiger partial charge in [-0.3, -0.25) is 0 Å². The summed E-state index contributed by atoms with van der Waals surface area (Å²) < 4.78 is 0. The molecule has 16 heavy (non-hydrogen) atoms. The van der Waals surface area contributed by atoms with Crippen LogP contribution in [0.3, 0.4) is 0 Å². The molecule has 1 nitrogen and oxygen atoms in total. The van der Waals surface area contributed by atoms with Crippen molar-refractivity contribution in [1.29, 1.82) is 0 Å². The van der Waals surface area contributed by atoms with Crippen molar-refractivity contribution in [1.82, 2.24) is 0 Å². The Morgan fingerprint density at radius 1 is 1.25 bits per heavy atom. The zero-order valence-electron chi connectivity index (χ0n) is 8.38. The Morgan fingerprint density at radius 2 is 2.00 bits per heavy atom. The third-order valence-electron chi connectivity index (χ3n) is 2.46. The van der Waals surface area contributed by atoms with Crippen molar-refractivity contribution in [3.05, 3.63) is 52.0 Å². The standard InChI is InChI=1S/C12H10Cl3N/c13-9-3-1-2-8(6-9)11-7-10(14)4-5-12(11,15)16/h1-4,6-7H,5,16H2. The van der Waals surface area contributed by atoms with Crippen molar-refractivity contribution in [3.8, 4) is 0 Å². The Morgan fingerprint density at radius 3 is 2.69 bits per heavy atom. The Bertz CT molecular complexity index is 475. The predicted octanol–water partition coefficient (Wildman–Crippen LogP) is 4.14. The fourth-order valence-electron chi connectivity index (χ4n) is 1.65. The van der Waals surface area contributed by atoms with Gasteiger partial charge >= 0.3 is 0 Å². The molecule has 1 aliphatic carbocycles. The quantitative estimate of drug-likeness (QED) is 0.604. The molecule has 2 rings (SSSR count). The third-order valence-corrected chi connectivity index (χ3v) is 3.32. The van der Waals surface area contributed by atoms with E-state index in [1.54, 1.807) is 12.1 Å². The van der Waals surface area contributed by atoms with E-state index in [-0.39, 0.29) is 0 Å². The molecule has 1 aromatic rings. The molecule has 0 heterocycles. The average molecular weight is 275 g/mol. The van der Waals surface area contributed by atoms with Gasteiger partial charge in [-0.25, -0.2) is 0 Å². The maximum absolute atomic E-state index is 6.25. The summed E-state index contributed by atoms with van der Waals surface area (Å²) in [7, 11) is 0. The van der Waals surface area contributed by atoms with E-state index in [2.05, 4.69) is 0 Å². The van der Waals surface area contributed by atoms with Gasteiger partial charge in [0.25, 0.3) is 0 Å². The molecule has 1 aromatic carbocycles. The van der Waals surface area contributed by atoms with E-state index in [1.165, 1.54) is 0 Å². The summed E-state index contributed by atoms with van der Waals surface area (Å²) in [5.74, 6) is 0. The van der Waals surface area contributed by atoms with Crippen LogP contribution in [0.2, 0.25) is 5.02 Å². The van der Waals surface area contributed by atoms with Crippen LogP contribution in [0, 0.1) is 0 Å². The molecule has 84 valence electrons. The van der Waals surface area contributed by atoms with Crippen LogP contribution in [-0.4, -0.2) is 5.00 Å². The van der Waals surface area contributed by atoms with Crippen LogP contribution >= 0.6 is 34.8 Å². The van der Waals surface area contributed by atoms with Gasteiger partial charge in [0.1, 0.15) is 5.00 Å². The van der Waals surface area contributed by atoms with Crippen LogP contribution in [0.15, 0.2) is 41.4 Å². The van der Waals surface area contributed by atoms with E-state index in [1.807, 2.05) is 24.3 Å². The largest absolute Gasteiger partial charge is 0.309 e. The van der Waals surface area contributed by atoms with Gasteiger partial charge in [0.2, 0.25) is 0 Å². The van der Waals surface area contributed by atoms with Crippen molar-refractivity contribution >= 4 is 40.4 Å². The summed E-state index contributed by atoms with van der Waals surface area (Å²) >= 11 is 18.2. The molecule has 0 fully saturated rings. The normalized spacial score (nSPS) is 25.0. The minimum Gasteiger partial charge on any atom is -0.309 e. The number of hydrogen-bond donors (Lipinski definition) is 1. The Hall–Kier alpha value is -0.470. The lowest BCUT2D eigenvalue weighted by Gasteiger charge is -2.27. The zero-order valence-corrected chi connectivity index (χ0v) is 10.7. The van der Waals surface area contributed by atoms with E-state index in [9.17, 15) is 0 Å². The minimum absolute atomic E-state index is 0.506. The van der Waals surface area contributed by atoms with Gasteiger partial charge in [-0.05, 0) is 29.3 Å². The van der Waals surface area contributed by atoms with Gasteiger partial charge in [0, 0.05) is 16.5 Å². The van der Waals surface area contributed by atoms with E-state index in [0.29, 0.717) is 16.5 Å². The summed E-state index contributed by atoms with van der Waals surface area (Å²) in [6, 6.07) is 7.40. The van der Waals surface area contributed by atoms with Gasteiger partial charge in [0.05, 0.1) is 0 Å². The highest BCUT2D eigenvalue weighted by molar-refractivity contribution is 6.35. The molecular formula is C12H10Cl3N. The van der Waals surface area contributed by atoms with Crippen LogP contribution in [-0.2, 0) is 0 Å². The molecule has 0 saturated heterocycles. The van der Waals surface area contributed by atoms with Crippen molar-refractivity contribution in [2.75, 3.05) is 0 Å². The van der Waals surface area contributed by atoms with Crippen LogP contribution in [0.1, 0.15) is 12.0 Å². The molecule has 1 unspecified atom stereocenters. The average Bonchev–Trinajstić information content (AvgIpc) is 2.22. The number of benzene rings is 1. The highest BCUT2D eigenvalue weighted by Crippen LogP contribution is 2.38. The number of hydrogen-bond acceptors (Lipinski definition) is 1. The van der Waals surface area contributed by atoms with Crippen molar-refractivity contribution in [3.63, 3.8) is 0 Å². The first kappa shape index (κ1) is 12.0. The van der Waals surface area contributed by atoms with Gasteiger partial charge < -0.3 is 5.73 Å². The summed E-state index contributed by atoms with van der Waals surface area (Å²) in [4.78, 5) is -0.914. The first-order chi connectivity index (χ1) is 7.49. The molecule has 0 amide bonds. The Labute approximate surface area is 109 Å². The lowest BCUT2D eigenvalue weighted by molar-refractivity contribution is 0.761. The first-order valence-electron chi connectivity index (χ1n) is 4.80. The highest BCUT2D eigenvalue weighted by atomic mass is 35.5. The lowest BCUT2D eigenvalue weighted by atomic mass is 9.92. The minimum atomic E-state index is -0.914. The van der Waals surface area contributed by atoms with Gasteiger partial charge in [0.15, 0.2) is 0 Å². The Balaban J connectivity index is 2.49. The van der Waals surface area contributed by atoms with E-state index in [0.717, 1.165) is 11.1 Å². The zero-order chi connectivity index (χ0) is 11.8.